The minimum absolute atomic E-state index is 0.308. The SMILES string of the molecule is Cc1ccc(-c2csc3ncnc(Nc4ccccc4F)c23)cc1C. The lowest BCUT2D eigenvalue weighted by Gasteiger charge is -2.10. The average Bonchev–Trinajstić information content (AvgIpc) is 3.04. The number of hydrogen-bond acceptors (Lipinski definition) is 4. The maximum atomic E-state index is 14.0. The summed E-state index contributed by atoms with van der Waals surface area (Å²) < 4.78 is 14.0. The third-order valence-corrected chi connectivity index (χ3v) is 5.20. The van der Waals surface area contributed by atoms with E-state index in [9.17, 15) is 4.39 Å². The second-order valence-electron chi connectivity index (χ2n) is 5.96. The summed E-state index contributed by atoms with van der Waals surface area (Å²) in [6.45, 7) is 4.20. The van der Waals surface area contributed by atoms with Crippen LogP contribution < -0.4 is 5.32 Å². The third-order valence-electron chi connectivity index (χ3n) is 4.32. The van der Waals surface area contributed by atoms with Crippen LogP contribution in [-0.2, 0) is 0 Å². The van der Waals surface area contributed by atoms with Crippen molar-refractivity contribution in [1.82, 2.24) is 9.97 Å². The third kappa shape index (κ3) is 2.87. The van der Waals surface area contributed by atoms with Crippen LogP contribution >= 0.6 is 11.3 Å². The van der Waals surface area contributed by atoms with E-state index >= 15 is 0 Å². The molecule has 0 atom stereocenters. The molecule has 2 aromatic carbocycles. The topological polar surface area (TPSA) is 37.8 Å². The second-order valence-corrected chi connectivity index (χ2v) is 6.81. The number of fused-ring (bicyclic) bond motifs is 1. The van der Waals surface area contributed by atoms with Crippen LogP contribution in [0, 0.1) is 19.7 Å². The number of hydrogen-bond donors (Lipinski definition) is 1. The molecular weight excluding hydrogens is 333 g/mol. The fourth-order valence-electron chi connectivity index (χ4n) is 2.78. The summed E-state index contributed by atoms with van der Waals surface area (Å²) in [7, 11) is 0. The summed E-state index contributed by atoms with van der Waals surface area (Å²) in [5.74, 6) is 0.307. The molecule has 1 N–H and O–H groups in total. The number of nitrogens with zero attached hydrogens (tertiary/aromatic N) is 2. The van der Waals surface area contributed by atoms with Crippen LogP contribution in [-0.4, -0.2) is 9.97 Å². The Morgan fingerprint density at radius 3 is 2.64 bits per heavy atom. The van der Waals surface area contributed by atoms with E-state index in [-0.39, 0.29) is 5.82 Å². The Bertz CT molecular complexity index is 1070. The normalized spacial score (nSPS) is 11.0. The molecule has 4 aromatic rings. The Kier molecular flexibility index (Phi) is 3.93. The lowest BCUT2D eigenvalue weighted by atomic mass is 10.0. The van der Waals surface area contributed by atoms with E-state index in [1.807, 2.05) is 0 Å². The highest BCUT2D eigenvalue weighted by Crippen LogP contribution is 2.38. The minimum Gasteiger partial charge on any atom is -0.337 e. The monoisotopic (exact) mass is 349 g/mol. The fraction of sp³-hybridized carbons (Fsp3) is 0.100. The van der Waals surface area contributed by atoms with Gasteiger partial charge in [0.2, 0.25) is 0 Å². The van der Waals surface area contributed by atoms with Crippen LogP contribution in [0.4, 0.5) is 15.9 Å². The van der Waals surface area contributed by atoms with Gasteiger partial charge in [-0.2, -0.15) is 0 Å². The van der Waals surface area contributed by atoms with Crippen molar-refractivity contribution in [1.29, 1.82) is 0 Å². The highest BCUT2D eigenvalue weighted by molar-refractivity contribution is 7.17. The van der Waals surface area contributed by atoms with E-state index in [4.69, 9.17) is 0 Å². The number of thiophene rings is 1. The lowest BCUT2D eigenvalue weighted by molar-refractivity contribution is 0.632. The maximum absolute atomic E-state index is 14.0. The first kappa shape index (κ1) is 15.7. The molecule has 5 heteroatoms. The van der Waals surface area contributed by atoms with Crippen molar-refractivity contribution < 1.29 is 4.39 Å². The standard InChI is InChI=1S/C20H16FN3S/c1-12-7-8-14(9-13(12)2)15-10-25-20-18(15)19(22-11-23-20)24-17-6-4-3-5-16(17)21/h3-11H,1-2H3,(H,22,23,24). The largest absolute Gasteiger partial charge is 0.337 e. The van der Waals surface area contributed by atoms with Crippen LogP contribution in [0.15, 0.2) is 54.2 Å². The van der Waals surface area contributed by atoms with E-state index in [0.717, 1.165) is 21.3 Å². The maximum Gasteiger partial charge on any atom is 0.146 e. The summed E-state index contributed by atoms with van der Waals surface area (Å²) in [6.07, 6.45) is 1.51. The molecule has 4 rings (SSSR count). The van der Waals surface area contributed by atoms with Crippen LogP contribution in [0.25, 0.3) is 21.3 Å². The van der Waals surface area contributed by atoms with Crippen molar-refractivity contribution in [2.24, 2.45) is 0 Å². The van der Waals surface area contributed by atoms with Gasteiger partial charge >= 0.3 is 0 Å². The molecule has 0 unspecified atom stereocenters. The van der Waals surface area contributed by atoms with Gasteiger partial charge in [-0.3, -0.25) is 0 Å². The molecule has 2 aromatic heterocycles. The first-order valence-electron chi connectivity index (χ1n) is 7.95. The van der Waals surface area contributed by atoms with Crippen LogP contribution in [0.3, 0.4) is 0 Å². The predicted molar refractivity (Wildman–Crippen MR) is 102 cm³/mol. The van der Waals surface area contributed by atoms with Gasteiger partial charge in [0.1, 0.15) is 22.8 Å². The van der Waals surface area contributed by atoms with Gasteiger partial charge in [0, 0.05) is 10.9 Å². The number of para-hydroxylation sites is 1. The molecule has 0 fully saturated rings. The number of benzene rings is 2. The molecule has 0 amide bonds. The second kappa shape index (κ2) is 6.26. The van der Waals surface area contributed by atoms with Gasteiger partial charge < -0.3 is 5.32 Å². The smallest absolute Gasteiger partial charge is 0.146 e. The molecule has 0 radical (unpaired) electrons. The number of aryl methyl sites for hydroxylation is 2. The Balaban J connectivity index is 1.87. The summed E-state index contributed by atoms with van der Waals surface area (Å²) in [5.41, 5.74) is 5.06. The highest BCUT2D eigenvalue weighted by Gasteiger charge is 2.14. The van der Waals surface area contributed by atoms with Crippen LogP contribution in [0.1, 0.15) is 11.1 Å². The molecule has 25 heavy (non-hydrogen) atoms. The molecule has 124 valence electrons. The van der Waals surface area contributed by atoms with E-state index in [1.54, 1.807) is 29.5 Å². The van der Waals surface area contributed by atoms with Gasteiger partial charge in [0.25, 0.3) is 0 Å². The number of rotatable bonds is 3. The van der Waals surface area contributed by atoms with Gasteiger partial charge in [-0.25, -0.2) is 14.4 Å². The molecule has 0 aliphatic heterocycles. The molecule has 0 saturated carbocycles. The molecule has 0 aliphatic rings. The Hall–Kier alpha value is -2.79. The number of nitrogens with one attached hydrogen (secondary N) is 1. The Labute approximate surface area is 149 Å². The van der Waals surface area contributed by atoms with Gasteiger partial charge in [-0.15, -0.1) is 11.3 Å². The zero-order valence-corrected chi connectivity index (χ0v) is 14.7. The van der Waals surface area contributed by atoms with Gasteiger partial charge in [0.15, 0.2) is 0 Å². The van der Waals surface area contributed by atoms with Crippen molar-refractivity contribution in [3.05, 3.63) is 71.1 Å². The minimum atomic E-state index is -0.308. The average molecular weight is 349 g/mol. The van der Waals surface area contributed by atoms with Crippen molar-refractivity contribution in [3.8, 4) is 11.1 Å². The molecule has 0 saturated heterocycles. The lowest BCUT2D eigenvalue weighted by Crippen LogP contribution is -1.97. The molecule has 0 bridgehead atoms. The first-order chi connectivity index (χ1) is 12.1. The van der Waals surface area contributed by atoms with E-state index < -0.39 is 0 Å². The number of aromatic nitrogens is 2. The van der Waals surface area contributed by atoms with Gasteiger partial charge in [0.05, 0.1) is 11.1 Å². The van der Waals surface area contributed by atoms with Crippen molar-refractivity contribution >= 4 is 33.1 Å². The molecule has 2 heterocycles. The fourth-order valence-corrected chi connectivity index (χ4v) is 3.70. The Morgan fingerprint density at radius 2 is 1.84 bits per heavy atom. The van der Waals surface area contributed by atoms with E-state index in [0.29, 0.717) is 11.5 Å². The number of anilines is 2. The van der Waals surface area contributed by atoms with E-state index in [1.165, 1.54) is 23.5 Å². The zero-order valence-electron chi connectivity index (χ0n) is 13.9. The zero-order chi connectivity index (χ0) is 17.4. The van der Waals surface area contributed by atoms with Crippen molar-refractivity contribution in [3.63, 3.8) is 0 Å². The van der Waals surface area contributed by atoms with E-state index in [2.05, 4.69) is 52.7 Å². The molecular formula is C20H16FN3S. The molecule has 0 spiro atoms. The predicted octanol–water partition coefficient (Wildman–Crippen LogP) is 5.86. The van der Waals surface area contributed by atoms with Crippen LogP contribution in [0.5, 0.6) is 0 Å². The summed E-state index contributed by atoms with van der Waals surface area (Å²) >= 11 is 1.56. The summed E-state index contributed by atoms with van der Waals surface area (Å²) in [5, 5.41) is 6.11. The summed E-state index contributed by atoms with van der Waals surface area (Å²) in [4.78, 5) is 9.60. The Morgan fingerprint density at radius 1 is 1.00 bits per heavy atom. The van der Waals surface area contributed by atoms with Gasteiger partial charge in [-0.1, -0.05) is 30.3 Å². The summed E-state index contributed by atoms with van der Waals surface area (Å²) in [6, 6.07) is 13.0. The van der Waals surface area contributed by atoms with Gasteiger partial charge in [-0.05, 0) is 42.7 Å². The van der Waals surface area contributed by atoms with Crippen LogP contribution in [0.2, 0.25) is 0 Å². The van der Waals surface area contributed by atoms with Crippen molar-refractivity contribution in [2.75, 3.05) is 5.32 Å². The molecule has 3 nitrogen and oxygen atoms in total. The first-order valence-corrected chi connectivity index (χ1v) is 8.83. The quantitative estimate of drug-likeness (QED) is 0.503. The van der Waals surface area contributed by atoms with Crippen molar-refractivity contribution in [2.45, 2.75) is 13.8 Å². The highest BCUT2D eigenvalue weighted by atomic mass is 32.1. The molecule has 0 aliphatic carbocycles. The number of halogens is 1.